The Balaban J connectivity index is 2.21. The molecule has 0 nitrogen and oxygen atoms in total. The van der Waals surface area contributed by atoms with Gasteiger partial charge in [-0.3, -0.25) is 0 Å². The van der Waals surface area contributed by atoms with Gasteiger partial charge >= 0.3 is 0 Å². The van der Waals surface area contributed by atoms with Gasteiger partial charge in [-0.05, 0) is 44.8 Å². The minimum absolute atomic E-state index is 0.230. The zero-order valence-electron chi connectivity index (χ0n) is 11.8. The van der Waals surface area contributed by atoms with E-state index in [2.05, 4.69) is 40.2 Å². The molecule has 2 heteroatoms. The van der Waals surface area contributed by atoms with Crippen molar-refractivity contribution in [1.82, 2.24) is 0 Å². The second kappa shape index (κ2) is 6.71. The van der Waals surface area contributed by atoms with Crippen LogP contribution in [0.15, 0.2) is 84.9 Å². The van der Waals surface area contributed by atoms with E-state index in [0.717, 1.165) is 26.7 Å². The molecule has 0 saturated carbocycles. The Labute approximate surface area is 138 Å². The standard InChI is InChI=1S/C20H14BrF/c21-20(17-9-5-2-6-10-17)19(15-7-3-1-4-8-15)16-11-13-18(22)14-12-16/h1-14H/b20-19-. The summed E-state index contributed by atoms with van der Waals surface area (Å²) in [7, 11) is 0. The van der Waals surface area contributed by atoms with Crippen molar-refractivity contribution < 1.29 is 4.39 Å². The minimum atomic E-state index is -0.230. The molecule has 0 atom stereocenters. The third-order valence-electron chi connectivity index (χ3n) is 3.44. The first-order valence-electron chi connectivity index (χ1n) is 7.02. The molecule has 0 unspecified atom stereocenters. The van der Waals surface area contributed by atoms with Gasteiger partial charge < -0.3 is 0 Å². The Kier molecular flexibility index (Phi) is 4.50. The summed E-state index contributed by atoms with van der Waals surface area (Å²) in [4.78, 5) is 0. The Bertz CT molecular complexity index is 775. The van der Waals surface area contributed by atoms with Gasteiger partial charge in [0, 0.05) is 10.1 Å². The lowest BCUT2D eigenvalue weighted by atomic mass is 9.95. The third-order valence-corrected chi connectivity index (χ3v) is 4.30. The van der Waals surface area contributed by atoms with E-state index < -0.39 is 0 Å². The molecule has 0 bridgehead atoms. The number of benzene rings is 3. The van der Waals surface area contributed by atoms with Crippen LogP contribution in [0.1, 0.15) is 16.7 Å². The van der Waals surface area contributed by atoms with Crippen LogP contribution in [0.5, 0.6) is 0 Å². The van der Waals surface area contributed by atoms with Crippen LogP contribution in [0, 0.1) is 5.82 Å². The number of hydrogen-bond donors (Lipinski definition) is 0. The fraction of sp³-hybridized carbons (Fsp3) is 0. The van der Waals surface area contributed by atoms with Crippen LogP contribution < -0.4 is 0 Å². The molecule has 0 aliphatic rings. The van der Waals surface area contributed by atoms with Gasteiger partial charge in [-0.2, -0.15) is 0 Å². The molecule has 3 aromatic carbocycles. The summed E-state index contributed by atoms with van der Waals surface area (Å²) in [6.07, 6.45) is 0. The Morgan fingerprint density at radius 3 is 1.59 bits per heavy atom. The molecular formula is C20H14BrF. The van der Waals surface area contributed by atoms with Crippen molar-refractivity contribution in [3.8, 4) is 0 Å². The predicted octanol–water partition coefficient (Wildman–Crippen LogP) is 6.14. The molecular weight excluding hydrogens is 339 g/mol. The fourth-order valence-corrected chi connectivity index (χ4v) is 3.09. The van der Waals surface area contributed by atoms with E-state index in [0.29, 0.717) is 0 Å². The van der Waals surface area contributed by atoms with Crippen molar-refractivity contribution in [1.29, 1.82) is 0 Å². The summed E-state index contributed by atoms with van der Waals surface area (Å²) in [6.45, 7) is 0. The summed E-state index contributed by atoms with van der Waals surface area (Å²) in [6, 6.07) is 26.8. The molecule has 0 radical (unpaired) electrons. The first-order chi connectivity index (χ1) is 10.8. The maximum atomic E-state index is 13.2. The van der Waals surface area contributed by atoms with E-state index in [9.17, 15) is 4.39 Å². The van der Waals surface area contributed by atoms with Gasteiger partial charge in [0.2, 0.25) is 0 Å². The molecule has 22 heavy (non-hydrogen) atoms. The molecule has 0 aliphatic heterocycles. The number of hydrogen-bond acceptors (Lipinski definition) is 0. The van der Waals surface area contributed by atoms with Gasteiger partial charge in [-0.25, -0.2) is 4.39 Å². The van der Waals surface area contributed by atoms with Gasteiger partial charge in [0.25, 0.3) is 0 Å². The van der Waals surface area contributed by atoms with Gasteiger partial charge in [-0.15, -0.1) is 0 Å². The van der Waals surface area contributed by atoms with E-state index in [-0.39, 0.29) is 5.82 Å². The molecule has 0 aliphatic carbocycles. The summed E-state index contributed by atoms with van der Waals surface area (Å²) in [5, 5.41) is 0. The maximum Gasteiger partial charge on any atom is 0.123 e. The average Bonchev–Trinajstić information content (AvgIpc) is 2.58. The molecule has 0 N–H and O–H groups in total. The highest BCUT2D eigenvalue weighted by Gasteiger charge is 2.11. The molecule has 108 valence electrons. The van der Waals surface area contributed by atoms with Gasteiger partial charge in [0.1, 0.15) is 5.82 Å². The predicted molar refractivity (Wildman–Crippen MR) is 94.1 cm³/mol. The zero-order chi connectivity index (χ0) is 15.4. The van der Waals surface area contributed by atoms with Crippen molar-refractivity contribution in [2.75, 3.05) is 0 Å². The van der Waals surface area contributed by atoms with E-state index in [1.807, 2.05) is 48.5 Å². The number of rotatable bonds is 3. The van der Waals surface area contributed by atoms with E-state index in [1.165, 1.54) is 12.1 Å². The van der Waals surface area contributed by atoms with Crippen LogP contribution in [-0.4, -0.2) is 0 Å². The first kappa shape index (κ1) is 14.7. The smallest absolute Gasteiger partial charge is 0.123 e. The molecule has 0 saturated heterocycles. The summed E-state index contributed by atoms with van der Waals surface area (Å²) >= 11 is 3.73. The van der Waals surface area contributed by atoms with Crippen molar-refractivity contribution >= 4 is 26.0 Å². The number of halogens is 2. The lowest BCUT2D eigenvalue weighted by Gasteiger charge is -2.13. The molecule has 0 aromatic heterocycles. The summed E-state index contributed by atoms with van der Waals surface area (Å²) < 4.78 is 14.2. The van der Waals surface area contributed by atoms with Gasteiger partial charge in [0.05, 0.1) is 0 Å². The van der Waals surface area contributed by atoms with E-state index in [4.69, 9.17) is 0 Å². The average molecular weight is 353 g/mol. The van der Waals surface area contributed by atoms with Crippen LogP contribution >= 0.6 is 15.9 Å². The first-order valence-corrected chi connectivity index (χ1v) is 7.81. The van der Waals surface area contributed by atoms with E-state index >= 15 is 0 Å². The third kappa shape index (κ3) is 3.18. The van der Waals surface area contributed by atoms with Crippen molar-refractivity contribution in [3.05, 3.63) is 107 Å². The van der Waals surface area contributed by atoms with Crippen LogP contribution in [-0.2, 0) is 0 Å². The highest BCUT2D eigenvalue weighted by atomic mass is 79.9. The SMILES string of the molecule is Fc1ccc(/C(=C(\Br)c2ccccc2)c2ccccc2)cc1. The van der Waals surface area contributed by atoms with Crippen LogP contribution in [0.3, 0.4) is 0 Å². The van der Waals surface area contributed by atoms with Gasteiger partial charge in [-0.1, -0.05) is 72.8 Å². The normalized spacial score (nSPS) is 11.9. The van der Waals surface area contributed by atoms with Crippen molar-refractivity contribution in [2.45, 2.75) is 0 Å². The molecule has 0 heterocycles. The highest BCUT2D eigenvalue weighted by molar-refractivity contribution is 9.15. The lowest BCUT2D eigenvalue weighted by molar-refractivity contribution is 0.627. The monoisotopic (exact) mass is 352 g/mol. The molecule has 0 spiro atoms. The molecule has 3 aromatic rings. The minimum Gasteiger partial charge on any atom is -0.207 e. The van der Waals surface area contributed by atoms with E-state index in [1.54, 1.807) is 0 Å². The fourth-order valence-electron chi connectivity index (χ4n) is 2.37. The second-order valence-electron chi connectivity index (χ2n) is 4.93. The Morgan fingerprint density at radius 1 is 0.591 bits per heavy atom. The van der Waals surface area contributed by atoms with Crippen molar-refractivity contribution in [2.24, 2.45) is 0 Å². The van der Waals surface area contributed by atoms with Crippen molar-refractivity contribution in [3.63, 3.8) is 0 Å². The highest BCUT2D eigenvalue weighted by Crippen LogP contribution is 2.35. The lowest BCUT2D eigenvalue weighted by Crippen LogP contribution is -1.91. The Morgan fingerprint density at radius 2 is 1.05 bits per heavy atom. The molecule has 0 amide bonds. The summed E-state index contributed by atoms with van der Waals surface area (Å²) in [5.74, 6) is -0.230. The Hall–Kier alpha value is -2.19. The van der Waals surface area contributed by atoms with Crippen LogP contribution in [0.25, 0.3) is 10.1 Å². The topological polar surface area (TPSA) is 0 Å². The maximum absolute atomic E-state index is 13.2. The molecule has 0 fully saturated rings. The molecule has 3 rings (SSSR count). The zero-order valence-corrected chi connectivity index (χ0v) is 13.4. The summed E-state index contributed by atoms with van der Waals surface area (Å²) in [5.41, 5.74) is 4.20. The second-order valence-corrected chi connectivity index (χ2v) is 5.72. The van der Waals surface area contributed by atoms with Gasteiger partial charge in [0.15, 0.2) is 0 Å². The largest absolute Gasteiger partial charge is 0.207 e. The van der Waals surface area contributed by atoms with Crippen LogP contribution in [0.4, 0.5) is 4.39 Å². The van der Waals surface area contributed by atoms with Crippen LogP contribution in [0.2, 0.25) is 0 Å². The quantitative estimate of drug-likeness (QED) is 0.497.